The van der Waals surface area contributed by atoms with Crippen LogP contribution in [0.5, 0.6) is 0 Å². The maximum Gasteiger partial charge on any atom is 0.270 e. The lowest BCUT2D eigenvalue weighted by Gasteiger charge is -2.28. The number of aliphatic hydroxyl groups excluding tert-OH is 1. The zero-order valence-electron chi connectivity index (χ0n) is 17.2. The fraction of sp³-hybridized carbons (Fsp3) is 0.348. The van der Waals surface area contributed by atoms with E-state index in [4.69, 9.17) is 4.74 Å². The predicted molar refractivity (Wildman–Crippen MR) is 113 cm³/mol. The Morgan fingerprint density at radius 3 is 2.77 bits per heavy atom. The van der Waals surface area contributed by atoms with E-state index in [0.717, 1.165) is 27.8 Å². The topological polar surface area (TPSA) is 89.3 Å². The maximum absolute atomic E-state index is 12.6. The summed E-state index contributed by atoms with van der Waals surface area (Å²) in [7, 11) is 1.90. The second kappa shape index (κ2) is 8.77. The molecule has 1 fully saturated rings. The second-order valence-corrected chi connectivity index (χ2v) is 7.78. The Labute approximate surface area is 175 Å². The van der Waals surface area contributed by atoms with Crippen LogP contribution in [0.2, 0.25) is 0 Å². The highest BCUT2D eigenvalue weighted by Crippen LogP contribution is 2.21. The number of rotatable bonds is 5. The van der Waals surface area contributed by atoms with Gasteiger partial charge in [0.15, 0.2) is 0 Å². The van der Waals surface area contributed by atoms with Crippen LogP contribution in [0.4, 0.5) is 0 Å². The zero-order valence-corrected chi connectivity index (χ0v) is 17.2. The first-order chi connectivity index (χ1) is 14.5. The molecule has 156 valence electrons. The van der Waals surface area contributed by atoms with Gasteiger partial charge in [0.2, 0.25) is 0 Å². The molecule has 1 saturated heterocycles. The van der Waals surface area contributed by atoms with Crippen molar-refractivity contribution in [2.75, 3.05) is 13.2 Å². The smallest absolute Gasteiger partial charge is 0.270 e. The summed E-state index contributed by atoms with van der Waals surface area (Å²) in [4.78, 5) is 16.9. The summed E-state index contributed by atoms with van der Waals surface area (Å²) in [6.07, 6.45) is 6.18. The van der Waals surface area contributed by atoms with Crippen LogP contribution < -0.4 is 5.32 Å². The van der Waals surface area contributed by atoms with E-state index in [-0.39, 0.29) is 18.6 Å². The Balaban J connectivity index is 1.47. The van der Waals surface area contributed by atoms with Gasteiger partial charge in [0.1, 0.15) is 5.69 Å². The van der Waals surface area contributed by atoms with Crippen LogP contribution >= 0.6 is 0 Å². The monoisotopic (exact) mass is 406 g/mol. The van der Waals surface area contributed by atoms with Crippen LogP contribution in [0.25, 0.3) is 11.1 Å². The minimum Gasteiger partial charge on any atom is -0.389 e. The van der Waals surface area contributed by atoms with Crippen molar-refractivity contribution in [1.82, 2.24) is 20.1 Å². The summed E-state index contributed by atoms with van der Waals surface area (Å²) in [6, 6.07) is 9.90. The van der Waals surface area contributed by atoms with Crippen molar-refractivity contribution in [3.63, 3.8) is 0 Å². The van der Waals surface area contributed by atoms with E-state index in [0.29, 0.717) is 25.1 Å². The Morgan fingerprint density at radius 1 is 1.27 bits per heavy atom. The third-order valence-corrected chi connectivity index (χ3v) is 5.48. The van der Waals surface area contributed by atoms with Gasteiger partial charge in [-0.05, 0) is 48.1 Å². The van der Waals surface area contributed by atoms with E-state index in [9.17, 15) is 9.90 Å². The highest BCUT2D eigenvalue weighted by molar-refractivity contribution is 5.92. The summed E-state index contributed by atoms with van der Waals surface area (Å²) >= 11 is 0. The fourth-order valence-corrected chi connectivity index (χ4v) is 3.62. The minimum atomic E-state index is -0.689. The number of hydrogen-bond donors (Lipinski definition) is 2. The number of nitrogens with one attached hydrogen (secondary N) is 1. The van der Waals surface area contributed by atoms with Gasteiger partial charge in [-0.25, -0.2) is 0 Å². The molecule has 3 heterocycles. The number of aryl methyl sites for hydroxylation is 2. The van der Waals surface area contributed by atoms with Crippen molar-refractivity contribution in [2.45, 2.75) is 31.9 Å². The molecule has 0 aliphatic carbocycles. The molecule has 0 bridgehead atoms. The molecule has 3 aromatic rings. The molecule has 0 unspecified atom stereocenters. The summed E-state index contributed by atoms with van der Waals surface area (Å²) in [5, 5.41) is 17.1. The molecule has 0 saturated carbocycles. The van der Waals surface area contributed by atoms with Crippen LogP contribution in [0, 0.1) is 6.92 Å². The first-order valence-electron chi connectivity index (χ1n) is 10.1. The second-order valence-electron chi connectivity index (χ2n) is 7.78. The molecular formula is C23H26N4O3. The molecule has 1 aliphatic heterocycles. The van der Waals surface area contributed by atoms with E-state index in [2.05, 4.69) is 39.7 Å². The zero-order chi connectivity index (χ0) is 21.1. The van der Waals surface area contributed by atoms with Crippen LogP contribution in [-0.2, 0) is 18.2 Å². The Hall–Kier alpha value is -3.03. The largest absolute Gasteiger partial charge is 0.389 e. The summed E-state index contributed by atoms with van der Waals surface area (Å²) < 4.78 is 7.00. The lowest BCUT2D eigenvalue weighted by molar-refractivity contribution is -0.0261. The van der Waals surface area contributed by atoms with E-state index in [1.807, 2.05) is 32.4 Å². The molecule has 4 rings (SSSR count). The number of ether oxygens (including phenoxy) is 1. The van der Waals surface area contributed by atoms with Crippen molar-refractivity contribution < 1.29 is 14.6 Å². The predicted octanol–water partition coefficient (Wildman–Crippen LogP) is 2.26. The van der Waals surface area contributed by atoms with Gasteiger partial charge in [-0.2, -0.15) is 5.10 Å². The van der Waals surface area contributed by atoms with Gasteiger partial charge in [0.05, 0.1) is 24.9 Å². The summed E-state index contributed by atoms with van der Waals surface area (Å²) in [6.45, 7) is 2.77. The number of carbonyl (C=O) groups excluding carboxylic acids is 1. The third kappa shape index (κ3) is 4.58. The molecule has 1 aromatic carbocycles. The van der Waals surface area contributed by atoms with Crippen LogP contribution in [-0.4, -0.2) is 51.1 Å². The highest BCUT2D eigenvalue weighted by Gasteiger charge is 2.26. The number of aliphatic hydroxyl groups is 1. The molecule has 1 aliphatic rings. The Bertz CT molecular complexity index is 1030. The molecule has 1 amide bonds. The Kier molecular flexibility index (Phi) is 5.92. The van der Waals surface area contributed by atoms with Crippen molar-refractivity contribution in [1.29, 1.82) is 0 Å². The molecule has 7 heteroatoms. The molecule has 0 radical (unpaired) electrons. The molecule has 2 atom stereocenters. The molecule has 0 spiro atoms. The van der Waals surface area contributed by atoms with Crippen molar-refractivity contribution in [2.24, 2.45) is 7.05 Å². The summed E-state index contributed by atoms with van der Waals surface area (Å²) in [5.74, 6) is -0.269. The van der Waals surface area contributed by atoms with Crippen LogP contribution in [0.15, 0.2) is 48.9 Å². The average molecular weight is 406 g/mol. The van der Waals surface area contributed by atoms with Gasteiger partial charge < -0.3 is 15.2 Å². The standard InChI is InChI=1S/C23H26N4O3/c1-15-11-24-21(23(29)26-20-7-8-30-14-22(20)28)10-18(15)9-16-3-5-17(6-4-16)19-12-25-27(2)13-19/h3-6,10-13,20,22,28H,7-9,14H2,1-2H3,(H,26,29)/t20-,22-/m0/s1. The number of benzene rings is 1. The van der Waals surface area contributed by atoms with Gasteiger partial charge >= 0.3 is 0 Å². The van der Waals surface area contributed by atoms with E-state index in [1.165, 1.54) is 0 Å². The van der Waals surface area contributed by atoms with E-state index in [1.54, 1.807) is 10.9 Å². The number of nitrogens with zero attached hydrogens (tertiary/aromatic N) is 3. The lowest BCUT2D eigenvalue weighted by atomic mass is 9.99. The summed E-state index contributed by atoms with van der Waals surface area (Å²) in [5.41, 5.74) is 5.81. The third-order valence-electron chi connectivity index (χ3n) is 5.48. The van der Waals surface area contributed by atoms with Crippen LogP contribution in [0.1, 0.15) is 33.6 Å². The first kappa shape index (κ1) is 20.3. The van der Waals surface area contributed by atoms with E-state index < -0.39 is 6.10 Å². The highest BCUT2D eigenvalue weighted by atomic mass is 16.5. The molecule has 2 aromatic heterocycles. The lowest BCUT2D eigenvalue weighted by Crippen LogP contribution is -2.48. The van der Waals surface area contributed by atoms with Gasteiger partial charge in [0, 0.05) is 31.6 Å². The van der Waals surface area contributed by atoms with Gasteiger partial charge in [-0.15, -0.1) is 0 Å². The van der Waals surface area contributed by atoms with Crippen LogP contribution in [0.3, 0.4) is 0 Å². The SMILES string of the molecule is Cc1cnc(C(=O)N[C@H]2CCOC[C@@H]2O)cc1Cc1ccc(-c2cnn(C)c2)cc1. The number of hydrogen-bond acceptors (Lipinski definition) is 5. The molecule has 2 N–H and O–H groups in total. The first-order valence-corrected chi connectivity index (χ1v) is 10.1. The molecule has 30 heavy (non-hydrogen) atoms. The van der Waals surface area contributed by atoms with Crippen molar-refractivity contribution in [3.05, 3.63) is 71.3 Å². The molecular weight excluding hydrogens is 380 g/mol. The number of aromatic nitrogens is 3. The van der Waals surface area contributed by atoms with E-state index >= 15 is 0 Å². The molecule has 7 nitrogen and oxygen atoms in total. The number of pyridine rings is 1. The Morgan fingerprint density at radius 2 is 2.07 bits per heavy atom. The average Bonchev–Trinajstić information content (AvgIpc) is 3.18. The van der Waals surface area contributed by atoms with Gasteiger partial charge in [-0.3, -0.25) is 14.5 Å². The number of carbonyl (C=O) groups is 1. The van der Waals surface area contributed by atoms with Crippen molar-refractivity contribution in [3.8, 4) is 11.1 Å². The minimum absolute atomic E-state index is 0.243. The van der Waals surface area contributed by atoms with Gasteiger partial charge in [-0.1, -0.05) is 24.3 Å². The normalized spacial score (nSPS) is 18.9. The quantitative estimate of drug-likeness (QED) is 0.679. The van der Waals surface area contributed by atoms with Gasteiger partial charge in [0.25, 0.3) is 5.91 Å². The fourth-order valence-electron chi connectivity index (χ4n) is 3.62. The maximum atomic E-state index is 12.6. The van der Waals surface area contributed by atoms with Crippen molar-refractivity contribution >= 4 is 5.91 Å². The number of amides is 1.